The van der Waals surface area contributed by atoms with Gasteiger partial charge in [0, 0.05) is 62.3 Å². The molecule has 42 heavy (non-hydrogen) atoms. The molecule has 3 fully saturated rings. The summed E-state index contributed by atoms with van der Waals surface area (Å²) in [6.45, 7) is 13.1. The van der Waals surface area contributed by atoms with Crippen LogP contribution in [-0.2, 0) is 14.9 Å². The molecule has 1 atom stereocenters. The Morgan fingerprint density at radius 3 is 2.52 bits per heavy atom. The minimum absolute atomic E-state index is 0.109. The Hall–Kier alpha value is -2.39. The van der Waals surface area contributed by atoms with Crippen LogP contribution in [0.5, 0.6) is 0 Å². The lowest BCUT2D eigenvalue weighted by atomic mass is 9.71. The summed E-state index contributed by atoms with van der Waals surface area (Å²) in [6.07, 6.45) is 3.69. The first-order valence-electron chi connectivity index (χ1n) is 15.1. The van der Waals surface area contributed by atoms with Crippen LogP contribution in [0.3, 0.4) is 0 Å². The molecule has 4 heterocycles. The number of piperidine rings is 2. The first kappa shape index (κ1) is 31.0. The second kappa shape index (κ2) is 12.7. The highest BCUT2D eigenvalue weighted by Gasteiger charge is 2.43. The van der Waals surface area contributed by atoms with E-state index < -0.39 is 5.60 Å². The van der Waals surface area contributed by atoms with E-state index in [0.717, 1.165) is 69.7 Å². The van der Waals surface area contributed by atoms with Crippen LogP contribution >= 0.6 is 23.2 Å². The zero-order valence-electron chi connectivity index (χ0n) is 25.2. The number of pyridine rings is 1. The van der Waals surface area contributed by atoms with E-state index in [9.17, 15) is 9.59 Å². The van der Waals surface area contributed by atoms with E-state index >= 15 is 0 Å². The Balaban J connectivity index is 1.19. The highest BCUT2D eigenvalue weighted by atomic mass is 35.5. The van der Waals surface area contributed by atoms with Crippen LogP contribution in [0, 0.1) is 6.92 Å². The van der Waals surface area contributed by atoms with E-state index in [1.165, 1.54) is 0 Å². The van der Waals surface area contributed by atoms with Crippen LogP contribution in [0.25, 0.3) is 0 Å². The summed E-state index contributed by atoms with van der Waals surface area (Å²) in [5.74, 6) is 0.815. The van der Waals surface area contributed by atoms with Crippen LogP contribution in [0.2, 0.25) is 10.0 Å². The number of alkyl carbamates (subject to hydrolysis) is 1. The average molecular weight is 617 g/mol. The molecule has 0 radical (unpaired) electrons. The minimum atomic E-state index is -0.485. The summed E-state index contributed by atoms with van der Waals surface area (Å²) >= 11 is 12.8. The quantitative estimate of drug-likeness (QED) is 0.422. The molecule has 3 saturated heterocycles. The number of carbonyl (C=O) groups is 2. The molecular formula is C32H43Cl2N5O3. The number of aryl methyl sites for hydroxylation is 1. The number of rotatable bonds is 7. The van der Waals surface area contributed by atoms with Gasteiger partial charge in [-0.3, -0.25) is 14.6 Å². The molecule has 228 valence electrons. The van der Waals surface area contributed by atoms with Crippen molar-refractivity contribution in [3.05, 3.63) is 57.7 Å². The number of halogens is 2. The predicted octanol–water partition coefficient (Wildman–Crippen LogP) is 5.83. The van der Waals surface area contributed by atoms with Crippen LogP contribution in [-0.4, -0.2) is 83.7 Å². The lowest BCUT2D eigenvalue weighted by Crippen LogP contribution is -2.62. The molecule has 0 aliphatic carbocycles. The summed E-state index contributed by atoms with van der Waals surface area (Å²) in [5, 5.41) is 4.11. The maximum absolute atomic E-state index is 13.1. The van der Waals surface area contributed by atoms with Crippen LogP contribution in [0.4, 0.5) is 10.6 Å². The second-order valence-electron chi connectivity index (χ2n) is 13.1. The Kier molecular flexibility index (Phi) is 9.38. The molecule has 2 aromatic rings. The number of nitrogens with zero attached hydrogens (tertiary/aromatic N) is 4. The van der Waals surface area contributed by atoms with Crippen LogP contribution in [0.15, 0.2) is 36.4 Å². The van der Waals surface area contributed by atoms with E-state index in [2.05, 4.69) is 26.2 Å². The van der Waals surface area contributed by atoms with Gasteiger partial charge in [-0.2, -0.15) is 0 Å². The monoisotopic (exact) mass is 615 g/mol. The largest absolute Gasteiger partial charge is 0.444 e. The Morgan fingerprint density at radius 2 is 1.86 bits per heavy atom. The molecule has 1 unspecified atom stereocenters. The number of carbonyl (C=O) groups excluding carboxylic acids is 2. The van der Waals surface area contributed by atoms with Gasteiger partial charge >= 0.3 is 6.09 Å². The van der Waals surface area contributed by atoms with Gasteiger partial charge in [0.1, 0.15) is 11.4 Å². The standard InChI is InChI=1S/C32H43Cl2N5O3/c1-22-6-5-7-28(35-22)39-21-32(13-10-29(39)40,23-8-9-26(33)27(34)18-23)14-17-37-19-25(20-37)38-15-11-24(12-16-38)36-30(41)42-31(2,3)4/h5-9,18,24-25H,10-17,19-21H2,1-4H3,(H,36,41). The number of anilines is 1. The summed E-state index contributed by atoms with van der Waals surface area (Å²) < 4.78 is 5.42. The maximum atomic E-state index is 13.1. The SMILES string of the molecule is Cc1cccc(N2CC(CCN3CC(N4CCC(NC(=O)OC(C)(C)C)CC4)C3)(c3ccc(Cl)c(Cl)c3)CCC2=O)n1. The number of hydrogen-bond acceptors (Lipinski definition) is 6. The van der Waals surface area contributed by atoms with Crippen molar-refractivity contribution in [2.75, 3.05) is 44.2 Å². The molecule has 3 aliphatic rings. The molecule has 5 rings (SSSR count). The van der Waals surface area contributed by atoms with Crippen molar-refractivity contribution in [2.24, 2.45) is 0 Å². The van der Waals surface area contributed by atoms with Gasteiger partial charge < -0.3 is 15.0 Å². The summed E-state index contributed by atoms with van der Waals surface area (Å²) in [5.41, 5.74) is 1.28. The molecular weight excluding hydrogens is 573 g/mol. The van der Waals surface area contributed by atoms with Gasteiger partial charge in [0.25, 0.3) is 0 Å². The van der Waals surface area contributed by atoms with Crippen molar-refractivity contribution < 1.29 is 14.3 Å². The van der Waals surface area contributed by atoms with Gasteiger partial charge in [-0.1, -0.05) is 35.3 Å². The number of ether oxygens (including phenoxy) is 1. The van der Waals surface area contributed by atoms with Crippen molar-refractivity contribution in [2.45, 2.75) is 82.9 Å². The first-order chi connectivity index (χ1) is 19.9. The number of hydrogen-bond donors (Lipinski definition) is 1. The normalized spacial score (nSPS) is 23.1. The lowest BCUT2D eigenvalue weighted by molar-refractivity contribution is -0.120. The van der Waals surface area contributed by atoms with Gasteiger partial charge in [-0.15, -0.1) is 0 Å². The predicted molar refractivity (Wildman–Crippen MR) is 168 cm³/mol. The maximum Gasteiger partial charge on any atom is 0.407 e. The van der Waals surface area contributed by atoms with E-state index in [-0.39, 0.29) is 23.5 Å². The van der Waals surface area contributed by atoms with Crippen LogP contribution in [0.1, 0.15) is 64.1 Å². The van der Waals surface area contributed by atoms with Gasteiger partial charge in [0.15, 0.2) is 0 Å². The summed E-state index contributed by atoms with van der Waals surface area (Å²) in [6, 6.07) is 12.4. The Morgan fingerprint density at radius 1 is 1.12 bits per heavy atom. The average Bonchev–Trinajstić information content (AvgIpc) is 2.90. The molecule has 1 aromatic carbocycles. The highest BCUT2D eigenvalue weighted by molar-refractivity contribution is 6.42. The number of nitrogens with one attached hydrogen (secondary N) is 1. The fraction of sp³-hybridized carbons (Fsp3) is 0.594. The smallest absolute Gasteiger partial charge is 0.407 e. The van der Waals surface area contributed by atoms with Crippen molar-refractivity contribution in [1.29, 1.82) is 0 Å². The highest BCUT2D eigenvalue weighted by Crippen LogP contribution is 2.41. The third kappa shape index (κ3) is 7.39. The Labute approximate surface area is 259 Å². The van der Waals surface area contributed by atoms with Gasteiger partial charge in [-0.05, 0) is 89.8 Å². The van der Waals surface area contributed by atoms with Gasteiger partial charge in [0.2, 0.25) is 5.91 Å². The molecule has 0 spiro atoms. The number of amides is 2. The van der Waals surface area contributed by atoms with E-state index in [1.807, 2.05) is 62.9 Å². The molecule has 0 bridgehead atoms. The molecule has 10 heteroatoms. The zero-order chi connectivity index (χ0) is 30.1. The third-order valence-corrected chi connectivity index (χ3v) is 9.61. The van der Waals surface area contributed by atoms with Crippen molar-refractivity contribution in [1.82, 2.24) is 20.1 Å². The Bertz CT molecular complexity index is 1290. The summed E-state index contributed by atoms with van der Waals surface area (Å²) in [4.78, 5) is 36.9. The fourth-order valence-corrected chi connectivity index (χ4v) is 6.76. The lowest BCUT2D eigenvalue weighted by Gasteiger charge is -2.49. The van der Waals surface area contributed by atoms with E-state index in [4.69, 9.17) is 27.9 Å². The number of likely N-dealkylation sites (tertiary alicyclic amines) is 2. The molecule has 8 nitrogen and oxygen atoms in total. The third-order valence-electron chi connectivity index (χ3n) is 8.87. The number of aromatic nitrogens is 1. The van der Waals surface area contributed by atoms with E-state index in [0.29, 0.717) is 34.9 Å². The van der Waals surface area contributed by atoms with Crippen molar-refractivity contribution in [3.63, 3.8) is 0 Å². The molecule has 0 saturated carbocycles. The molecule has 1 N–H and O–H groups in total. The number of benzene rings is 1. The molecule has 3 aliphatic heterocycles. The van der Waals surface area contributed by atoms with Crippen molar-refractivity contribution >= 4 is 41.0 Å². The summed E-state index contributed by atoms with van der Waals surface area (Å²) in [7, 11) is 0. The van der Waals surface area contributed by atoms with Crippen LogP contribution < -0.4 is 10.2 Å². The molecule has 1 aromatic heterocycles. The topological polar surface area (TPSA) is 78.0 Å². The second-order valence-corrected chi connectivity index (χ2v) is 14.0. The van der Waals surface area contributed by atoms with E-state index in [1.54, 1.807) is 0 Å². The van der Waals surface area contributed by atoms with Crippen molar-refractivity contribution in [3.8, 4) is 0 Å². The van der Waals surface area contributed by atoms with Gasteiger partial charge in [-0.25, -0.2) is 9.78 Å². The fourth-order valence-electron chi connectivity index (χ4n) is 6.46. The first-order valence-corrected chi connectivity index (χ1v) is 15.8. The zero-order valence-corrected chi connectivity index (χ0v) is 26.7. The minimum Gasteiger partial charge on any atom is -0.444 e. The molecule has 2 amide bonds. The van der Waals surface area contributed by atoms with Gasteiger partial charge in [0.05, 0.1) is 10.0 Å².